The average Bonchev–Trinajstić information content (AvgIpc) is 3.59. The van der Waals surface area contributed by atoms with Crippen LogP contribution in [0.5, 0.6) is 0 Å². The molecule has 0 radical (unpaired) electrons. The summed E-state index contributed by atoms with van der Waals surface area (Å²) in [5, 5.41) is 20.5. The third-order valence-corrected chi connectivity index (χ3v) is 8.89. The molecule has 8 rings (SSSR count). The van der Waals surface area contributed by atoms with Crippen LogP contribution in [0.1, 0.15) is 22.3 Å². The number of aliphatic imine (C=N–C) groups is 2. The number of hydrogen-bond acceptors (Lipinski definition) is 3. The minimum atomic E-state index is 0.110. The molecular formula is C46H30N4O. The van der Waals surface area contributed by atoms with Crippen molar-refractivity contribution in [3.63, 3.8) is 0 Å². The van der Waals surface area contributed by atoms with Gasteiger partial charge in [0.15, 0.2) is 11.7 Å². The molecule has 0 aliphatic rings. The van der Waals surface area contributed by atoms with Crippen molar-refractivity contribution in [2.75, 3.05) is 0 Å². The van der Waals surface area contributed by atoms with E-state index in [2.05, 4.69) is 42.5 Å². The summed E-state index contributed by atoms with van der Waals surface area (Å²) in [5.41, 5.74) is 10.9. The molecule has 5 nitrogen and oxygen atoms in total. The first-order valence-electron chi connectivity index (χ1n) is 16.6. The van der Waals surface area contributed by atoms with E-state index in [0.29, 0.717) is 17.0 Å². The summed E-state index contributed by atoms with van der Waals surface area (Å²) in [6, 6.07) is 58.1. The standard InChI is InChI=1S/C46H30N4O/c47-29-31-18-20-35(21-19-31)43-39(26-27-42-44(43)40-16-7-8-17-41(40)51-42)34-22-24-36(25-23-34)45(48)50-46(37-13-5-2-6-14-37)49-30-32-10-9-15-38(28-32)33-11-3-1-4-12-33/h1-28,30,48H. The molecule has 0 saturated carbocycles. The van der Waals surface area contributed by atoms with Crippen molar-refractivity contribution in [1.29, 1.82) is 10.7 Å². The molecule has 0 saturated heterocycles. The molecular weight excluding hydrogens is 625 g/mol. The summed E-state index contributed by atoms with van der Waals surface area (Å²) in [5.74, 6) is 0.564. The van der Waals surface area contributed by atoms with Gasteiger partial charge in [0.2, 0.25) is 0 Å². The number of fused-ring (bicyclic) bond motifs is 3. The Morgan fingerprint density at radius 3 is 2.04 bits per heavy atom. The van der Waals surface area contributed by atoms with Gasteiger partial charge in [-0.05, 0) is 63.7 Å². The maximum atomic E-state index is 9.43. The molecule has 0 aliphatic carbocycles. The summed E-state index contributed by atoms with van der Waals surface area (Å²) in [7, 11) is 0. The zero-order chi connectivity index (χ0) is 34.6. The molecule has 1 N–H and O–H groups in total. The Hall–Kier alpha value is -7.16. The van der Waals surface area contributed by atoms with Gasteiger partial charge in [-0.25, -0.2) is 9.98 Å². The number of nitriles is 1. The molecule has 8 aromatic rings. The number of nitrogens with zero attached hydrogens (tertiary/aromatic N) is 3. The van der Waals surface area contributed by atoms with Gasteiger partial charge in [0.25, 0.3) is 0 Å². The maximum absolute atomic E-state index is 9.43. The fourth-order valence-electron chi connectivity index (χ4n) is 6.37. The van der Waals surface area contributed by atoms with Crippen LogP contribution < -0.4 is 0 Å². The normalized spacial score (nSPS) is 11.6. The van der Waals surface area contributed by atoms with Crippen LogP contribution >= 0.6 is 0 Å². The van der Waals surface area contributed by atoms with Crippen molar-refractivity contribution in [3.8, 4) is 39.4 Å². The van der Waals surface area contributed by atoms with Gasteiger partial charge in [-0.3, -0.25) is 5.41 Å². The van der Waals surface area contributed by atoms with Crippen LogP contribution in [0.4, 0.5) is 0 Å². The summed E-state index contributed by atoms with van der Waals surface area (Å²) < 4.78 is 6.24. The van der Waals surface area contributed by atoms with E-state index in [9.17, 15) is 5.26 Å². The zero-order valence-electron chi connectivity index (χ0n) is 27.5. The van der Waals surface area contributed by atoms with E-state index >= 15 is 0 Å². The lowest BCUT2D eigenvalue weighted by Crippen LogP contribution is -2.04. The number of rotatable bonds is 6. The highest BCUT2D eigenvalue weighted by Crippen LogP contribution is 2.42. The van der Waals surface area contributed by atoms with E-state index in [4.69, 9.17) is 19.8 Å². The molecule has 0 bridgehead atoms. The van der Waals surface area contributed by atoms with Crippen LogP contribution in [0.3, 0.4) is 0 Å². The van der Waals surface area contributed by atoms with Crippen molar-refractivity contribution in [3.05, 3.63) is 192 Å². The van der Waals surface area contributed by atoms with E-state index in [1.165, 1.54) is 0 Å². The van der Waals surface area contributed by atoms with Gasteiger partial charge in [-0.1, -0.05) is 140 Å². The van der Waals surface area contributed by atoms with Crippen LogP contribution in [0.25, 0.3) is 55.3 Å². The molecule has 0 fully saturated rings. The van der Waals surface area contributed by atoms with Gasteiger partial charge in [0.05, 0.1) is 11.6 Å². The second kappa shape index (κ2) is 13.8. The Kier molecular flexibility index (Phi) is 8.40. The van der Waals surface area contributed by atoms with E-state index in [1.54, 1.807) is 6.21 Å². The van der Waals surface area contributed by atoms with Crippen molar-refractivity contribution < 1.29 is 4.42 Å². The number of para-hydroxylation sites is 1. The predicted octanol–water partition coefficient (Wildman–Crippen LogP) is 11.3. The second-order valence-electron chi connectivity index (χ2n) is 12.1. The largest absolute Gasteiger partial charge is 0.456 e. The molecule has 0 atom stereocenters. The summed E-state index contributed by atoms with van der Waals surface area (Å²) >= 11 is 0. The monoisotopic (exact) mass is 654 g/mol. The SMILES string of the molecule is N#Cc1ccc(-c2c(-c3ccc(C(=N)N=C(N=Cc4cccc(-c5ccccc5)c4)c4ccccc4)cc3)ccc3oc4ccccc4c23)cc1. The number of hydrogen-bond donors (Lipinski definition) is 1. The van der Waals surface area contributed by atoms with Crippen LogP contribution in [0.2, 0.25) is 0 Å². The second-order valence-corrected chi connectivity index (χ2v) is 12.1. The Morgan fingerprint density at radius 1 is 0.588 bits per heavy atom. The highest BCUT2D eigenvalue weighted by molar-refractivity contribution is 6.16. The number of nitrogens with one attached hydrogen (secondary N) is 1. The number of benzene rings is 7. The van der Waals surface area contributed by atoms with Gasteiger partial charge in [-0.2, -0.15) is 5.26 Å². The quantitative estimate of drug-likeness (QED) is 0.143. The molecule has 0 spiro atoms. The molecule has 1 heterocycles. The van der Waals surface area contributed by atoms with Crippen LogP contribution in [-0.2, 0) is 0 Å². The maximum Gasteiger partial charge on any atom is 0.161 e. The molecule has 1 aromatic heterocycles. The minimum absolute atomic E-state index is 0.110. The summed E-state index contributed by atoms with van der Waals surface area (Å²) in [4.78, 5) is 9.52. The predicted molar refractivity (Wildman–Crippen MR) is 209 cm³/mol. The molecule has 0 aliphatic heterocycles. The topological polar surface area (TPSA) is 85.5 Å². The Labute approximate surface area is 295 Å². The zero-order valence-corrected chi connectivity index (χ0v) is 27.5. The highest BCUT2D eigenvalue weighted by Gasteiger charge is 2.18. The van der Waals surface area contributed by atoms with Gasteiger partial charge in [0.1, 0.15) is 11.2 Å². The first-order chi connectivity index (χ1) is 25.1. The Bertz CT molecular complexity index is 2630. The molecule has 240 valence electrons. The van der Waals surface area contributed by atoms with Gasteiger partial charge >= 0.3 is 0 Å². The highest BCUT2D eigenvalue weighted by atomic mass is 16.3. The van der Waals surface area contributed by atoms with Crippen molar-refractivity contribution in [1.82, 2.24) is 0 Å². The third-order valence-electron chi connectivity index (χ3n) is 8.89. The lowest BCUT2D eigenvalue weighted by molar-refractivity contribution is 0.669. The molecule has 0 unspecified atom stereocenters. The fourth-order valence-corrected chi connectivity index (χ4v) is 6.37. The average molecular weight is 655 g/mol. The lowest BCUT2D eigenvalue weighted by atomic mass is 9.90. The summed E-state index contributed by atoms with van der Waals surface area (Å²) in [6.07, 6.45) is 1.80. The van der Waals surface area contributed by atoms with E-state index in [1.807, 2.05) is 133 Å². The van der Waals surface area contributed by atoms with Crippen LogP contribution in [0, 0.1) is 16.7 Å². The van der Waals surface area contributed by atoms with E-state index < -0.39 is 0 Å². The van der Waals surface area contributed by atoms with Gasteiger partial charge in [-0.15, -0.1) is 0 Å². The smallest absolute Gasteiger partial charge is 0.161 e. The van der Waals surface area contributed by atoms with Crippen molar-refractivity contribution in [2.24, 2.45) is 9.98 Å². The number of furan rings is 1. The minimum Gasteiger partial charge on any atom is -0.456 e. The Balaban J connectivity index is 1.15. The fraction of sp³-hybridized carbons (Fsp3) is 0. The van der Waals surface area contributed by atoms with Gasteiger partial charge in [0, 0.05) is 33.7 Å². The first-order valence-corrected chi connectivity index (χ1v) is 16.6. The molecule has 7 aromatic carbocycles. The van der Waals surface area contributed by atoms with Gasteiger partial charge < -0.3 is 4.42 Å². The molecule has 0 amide bonds. The Morgan fingerprint density at radius 2 is 1.27 bits per heavy atom. The van der Waals surface area contributed by atoms with Crippen LogP contribution in [0.15, 0.2) is 184 Å². The molecule has 51 heavy (non-hydrogen) atoms. The van der Waals surface area contributed by atoms with E-state index in [-0.39, 0.29) is 5.84 Å². The van der Waals surface area contributed by atoms with Crippen molar-refractivity contribution in [2.45, 2.75) is 0 Å². The first kappa shape index (κ1) is 31.1. The molecule has 5 heteroatoms. The third kappa shape index (κ3) is 6.38. The number of amidine groups is 2. The van der Waals surface area contributed by atoms with Crippen LogP contribution in [-0.4, -0.2) is 17.9 Å². The lowest BCUT2D eigenvalue weighted by Gasteiger charge is -2.13. The van der Waals surface area contributed by atoms with Crippen molar-refractivity contribution >= 4 is 39.8 Å². The summed E-state index contributed by atoms with van der Waals surface area (Å²) in [6.45, 7) is 0. The van der Waals surface area contributed by atoms with E-state index in [0.717, 1.165) is 66.4 Å².